The van der Waals surface area contributed by atoms with Crippen molar-refractivity contribution in [1.29, 1.82) is 0 Å². The van der Waals surface area contributed by atoms with Gasteiger partial charge in [0.15, 0.2) is 5.78 Å². The number of rotatable bonds is 6. The lowest BCUT2D eigenvalue weighted by Gasteiger charge is -2.29. The van der Waals surface area contributed by atoms with Gasteiger partial charge in [-0.05, 0) is 45.0 Å². The molecule has 0 bridgehead atoms. The van der Waals surface area contributed by atoms with E-state index in [2.05, 4.69) is 32.1 Å². The van der Waals surface area contributed by atoms with E-state index in [0.717, 1.165) is 58.2 Å². The molecule has 0 radical (unpaired) electrons. The van der Waals surface area contributed by atoms with Crippen LogP contribution in [-0.2, 0) is 6.42 Å². The highest BCUT2D eigenvalue weighted by molar-refractivity contribution is 7.14. The maximum absolute atomic E-state index is 13.0. The minimum atomic E-state index is -0.0286. The third kappa shape index (κ3) is 5.07. The lowest BCUT2D eigenvalue weighted by atomic mass is 10.1. The number of aromatic nitrogens is 4. The van der Waals surface area contributed by atoms with Crippen LogP contribution in [0.4, 0.5) is 0 Å². The molecule has 7 nitrogen and oxygen atoms in total. The Morgan fingerprint density at radius 1 is 1.15 bits per heavy atom. The van der Waals surface area contributed by atoms with Crippen molar-refractivity contribution in [2.45, 2.75) is 32.3 Å². The van der Waals surface area contributed by atoms with Crippen LogP contribution in [0, 0.1) is 6.92 Å². The van der Waals surface area contributed by atoms with Crippen LogP contribution >= 0.6 is 11.3 Å². The third-order valence-electron chi connectivity index (χ3n) is 5.85. The van der Waals surface area contributed by atoms with Crippen LogP contribution in [0.2, 0.25) is 0 Å². The first-order valence-electron chi connectivity index (χ1n) is 11.1. The lowest BCUT2D eigenvalue weighted by molar-refractivity contribution is 0.0987. The van der Waals surface area contributed by atoms with Crippen molar-refractivity contribution in [2.24, 2.45) is 0 Å². The van der Waals surface area contributed by atoms with Crippen LogP contribution in [-0.4, -0.2) is 57.1 Å². The summed E-state index contributed by atoms with van der Waals surface area (Å²) in [5, 5.41) is 11.0. The normalized spacial score (nSPS) is 15.1. The van der Waals surface area contributed by atoms with Crippen molar-refractivity contribution < 1.29 is 9.53 Å². The molecule has 2 aromatic carbocycles. The first-order valence-corrected chi connectivity index (χ1v) is 11.9. The van der Waals surface area contributed by atoms with Gasteiger partial charge in [0, 0.05) is 35.8 Å². The van der Waals surface area contributed by atoms with E-state index in [4.69, 9.17) is 4.74 Å². The number of Topliss-reactive ketones (excluding diaryl/α,β-unsaturated/α-hetero) is 1. The number of benzene rings is 2. The first kappa shape index (κ1) is 21.6. The van der Waals surface area contributed by atoms with Crippen LogP contribution in [0.3, 0.4) is 0 Å². The zero-order valence-electron chi connectivity index (χ0n) is 18.7. The molecule has 168 valence electrons. The van der Waals surface area contributed by atoms with Gasteiger partial charge in [0.1, 0.15) is 27.7 Å². The summed E-state index contributed by atoms with van der Waals surface area (Å²) in [5.74, 6) is 1.21. The molecule has 8 heteroatoms. The van der Waals surface area contributed by atoms with Crippen molar-refractivity contribution in [2.75, 3.05) is 20.1 Å². The molecule has 3 heterocycles. The Balaban J connectivity index is 1.31. The highest BCUT2D eigenvalue weighted by atomic mass is 32.1. The van der Waals surface area contributed by atoms with Gasteiger partial charge >= 0.3 is 0 Å². The molecule has 1 aliphatic rings. The second-order valence-electron chi connectivity index (χ2n) is 8.43. The molecule has 0 aliphatic carbocycles. The van der Waals surface area contributed by atoms with Crippen LogP contribution in [0.15, 0.2) is 48.7 Å². The van der Waals surface area contributed by atoms with Crippen molar-refractivity contribution in [3.63, 3.8) is 0 Å². The molecule has 4 aromatic rings. The average molecular weight is 460 g/mol. The van der Waals surface area contributed by atoms with E-state index in [-0.39, 0.29) is 18.3 Å². The monoisotopic (exact) mass is 459 g/mol. The summed E-state index contributed by atoms with van der Waals surface area (Å²) in [6.45, 7) is 3.99. The van der Waals surface area contributed by atoms with E-state index >= 15 is 0 Å². The maximum atomic E-state index is 13.0. The Bertz CT molecular complexity index is 1300. The van der Waals surface area contributed by atoms with E-state index in [1.165, 1.54) is 0 Å². The predicted octanol–water partition coefficient (Wildman–Crippen LogP) is 4.36. The fourth-order valence-electron chi connectivity index (χ4n) is 3.98. The summed E-state index contributed by atoms with van der Waals surface area (Å²) >= 11 is 1.54. The molecule has 5 rings (SSSR count). The van der Waals surface area contributed by atoms with E-state index in [1.807, 2.05) is 49.4 Å². The third-order valence-corrected chi connectivity index (χ3v) is 6.74. The van der Waals surface area contributed by atoms with Crippen molar-refractivity contribution in [3.05, 3.63) is 65.1 Å². The predicted molar refractivity (Wildman–Crippen MR) is 129 cm³/mol. The molecule has 0 amide bonds. The highest BCUT2D eigenvalue weighted by Crippen LogP contribution is 2.26. The summed E-state index contributed by atoms with van der Waals surface area (Å²) in [4.78, 5) is 24.3. The number of fused-ring (bicyclic) bond motifs is 1. The second-order valence-corrected chi connectivity index (χ2v) is 9.62. The summed E-state index contributed by atoms with van der Waals surface area (Å²) in [5.41, 5.74) is 2.36. The van der Waals surface area contributed by atoms with Crippen LogP contribution in [0.5, 0.6) is 5.75 Å². The van der Waals surface area contributed by atoms with E-state index in [9.17, 15) is 4.79 Å². The summed E-state index contributed by atoms with van der Waals surface area (Å²) in [6.07, 6.45) is 4.09. The van der Waals surface area contributed by atoms with E-state index in [0.29, 0.717) is 11.4 Å². The summed E-state index contributed by atoms with van der Waals surface area (Å²) < 4.78 is 6.14. The highest BCUT2D eigenvalue weighted by Gasteiger charge is 2.19. The standard InChI is InChI=1S/C25H25N5O2S/c1-16-28-29-25(33-16)18-6-7-19-15-26-24(27-22(19)13-18)14-23(31)17-4-3-5-21(12-17)32-20-8-10-30(2)11-9-20/h3-7,12-13,15,20H,8-11,14H2,1-2H3. The van der Waals surface area contributed by atoms with Crippen LogP contribution < -0.4 is 4.74 Å². The van der Waals surface area contributed by atoms with Gasteiger partial charge in [-0.25, -0.2) is 9.97 Å². The number of ketones is 1. The molecule has 0 saturated carbocycles. The summed E-state index contributed by atoms with van der Waals surface area (Å²) in [7, 11) is 2.13. The van der Waals surface area contributed by atoms with E-state index in [1.54, 1.807) is 17.5 Å². The topological polar surface area (TPSA) is 81.1 Å². The van der Waals surface area contributed by atoms with Gasteiger partial charge in [0.25, 0.3) is 0 Å². The number of piperidine rings is 1. The molecule has 33 heavy (non-hydrogen) atoms. The van der Waals surface area contributed by atoms with Gasteiger partial charge in [-0.3, -0.25) is 4.79 Å². The van der Waals surface area contributed by atoms with Crippen molar-refractivity contribution >= 4 is 28.0 Å². The number of aryl methyl sites for hydroxylation is 1. The quantitative estimate of drug-likeness (QED) is 0.396. The SMILES string of the molecule is Cc1nnc(-c2ccc3cnc(CC(=O)c4cccc(OC5CCN(C)CC5)c4)nc3c2)s1. The number of nitrogens with zero attached hydrogens (tertiary/aromatic N) is 5. The second kappa shape index (κ2) is 9.33. The Labute approximate surface area is 196 Å². The number of hydrogen-bond donors (Lipinski definition) is 0. The van der Waals surface area contributed by atoms with Crippen molar-refractivity contribution in [1.82, 2.24) is 25.1 Å². The Kier molecular flexibility index (Phi) is 6.11. The molecular formula is C25H25N5O2S. The molecule has 1 saturated heterocycles. The van der Waals surface area contributed by atoms with Gasteiger partial charge in [0.05, 0.1) is 11.9 Å². The van der Waals surface area contributed by atoms with Gasteiger partial charge in [-0.15, -0.1) is 10.2 Å². The fourth-order valence-corrected chi connectivity index (χ4v) is 4.66. The number of hydrogen-bond acceptors (Lipinski definition) is 8. The van der Waals surface area contributed by atoms with Crippen LogP contribution in [0.1, 0.15) is 34.0 Å². The maximum Gasteiger partial charge on any atom is 0.170 e. The zero-order valence-corrected chi connectivity index (χ0v) is 19.5. The Morgan fingerprint density at radius 3 is 2.79 bits per heavy atom. The molecule has 0 spiro atoms. The van der Waals surface area contributed by atoms with Gasteiger partial charge in [-0.2, -0.15) is 0 Å². The van der Waals surface area contributed by atoms with Crippen LogP contribution in [0.25, 0.3) is 21.5 Å². The van der Waals surface area contributed by atoms with Gasteiger partial charge in [-0.1, -0.05) is 35.6 Å². The number of carbonyl (C=O) groups excluding carboxylic acids is 1. The van der Waals surface area contributed by atoms with E-state index < -0.39 is 0 Å². The molecule has 0 N–H and O–H groups in total. The smallest absolute Gasteiger partial charge is 0.170 e. The van der Waals surface area contributed by atoms with Gasteiger partial charge in [0.2, 0.25) is 0 Å². The molecule has 1 aliphatic heterocycles. The Morgan fingerprint density at radius 2 is 2.00 bits per heavy atom. The minimum Gasteiger partial charge on any atom is -0.490 e. The molecule has 2 aromatic heterocycles. The molecular weight excluding hydrogens is 434 g/mol. The number of ether oxygens (including phenoxy) is 1. The number of likely N-dealkylation sites (tertiary alicyclic amines) is 1. The fraction of sp³-hybridized carbons (Fsp3) is 0.320. The average Bonchev–Trinajstić information content (AvgIpc) is 3.26. The largest absolute Gasteiger partial charge is 0.490 e. The molecule has 0 atom stereocenters. The van der Waals surface area contributed by atoms with Crippen molar-refractivity contribution in [3.8, 4) is 16.3 Å². The first-order chi connectivity index (χ1) is 16.0. The summed E-state index contributed by atoms with van der Waals surface area (Å²) in [6, 6.07) is 13.4. The zero-order chi connectivity index (χ0) is 22.8. The molecule has 0 unspecified atom stereocenters. The number of carbonyl (C=O) groups is 1. The molecule has 1 fully saturated rings. The minimum absolute atomic E-state index is 0.0286. The van der Waals surface area contributed by atoms with Gasteiger partial charge < -0.3 is 9.64 Å². The lowest BCUT2D eigenvalue weighted by Crippen LogP contribution is -2.35. The Hall–Kier alpha value is -3.23.